The first-order valence-corrected chi connectivity index (χ1v) is 15.4. The van der Waals surface area contributed by atoms with Gasteiger partial charge in [-0.3, -0.25) is 20.5 Å². The molecule has 226 valence electrons. The highest BCUT2D eigenvalue weighted by atomic mass is 32.1. The molecule has 1 amide bonds. The number of aryl methyl sites for hydroxylation is 1. The quantitative estimate of drug-likeness (QED) is 0.132. The molecule has 0 saturated carbocycles. The lowest BCUT2D eigenvalue weighted by Crippen LogP contribution is -2.40. The van der Waals surface area contributed by atoms with Gasteiger partial charge in [-0.05, 0) is 91.3 Å². The van der Waals surface area contributed by atoms with E-state index >= 15 is 0 Å². The Morgan fingerprint density at radius 2 is 1.91 bits per heavy atom. The number of hydrogen-bond acceptors (Lipinski definition) is 6. The lowest BCUT2D eigenvalue weighted by Gasteiger charge is -2.29. The zero-order valence-corrected chi connectivity index (χ0v) is 26.6. The number of anilines is 2. The molecule has 43 heavy (non-hydrogen) atoms. The Morgan fingerprint density at radius 1 is 1.21 bits per heavy atom. The zero-order valence-electron chi connectivity index (χ0n) is 25.8. The van der Waals surface area contributed by atoms with Crippen molar-refractivity contribution in [3.8, 4) is 5.75 Å². The molecule has 0 aliphatic heterocycles. The summed E-state index contributed by atoms with van der Waals surface area (Å²) in [6, 6.07) is 12.8. The third-order valence-corrected chi connectivity index (χ3v) is 9.37. The number of thiophene rings is 1. The smallest absolute Gasteiger partial charge is 0.225 e. The van der Waals surface area contributed by atoms with Gasteiger partial charge in [-0.15, -0.1) is 11.3 Å². The fourth-order valence-electron chi connectivity index (χ4n) is 5.80. The van der Waals surface area contributed by atoms with Gasteiger partial charge in [0.05, 0.1) is 6.61 Å². The molecule has 8 heteroatoms. The van der Waals surface area contributed by atoms with Crippen molar-refractivity contribution >= 4 is 50.7 Å². The summed E-state index contributed by atoms with van der Waals surface area (Å²) in [5.74, 6) is 0.298. The number of ether oxygens (including phenoxy) is 1. The van der Waals surface area contributed by atoms with Crippen molar-refractivity contribution in [2.45, 2.75) is 53.4 Å². The van der Waals surface area contributed by atoms with Crippen LogP contribution < -0.4 is 10.2 Å². The predicted octanol–water partition coefficient (Wildman–Crippen LogP) is 8.19. The standard InChI is InChI=1S/C35H42N4O3S/c1-8-9-26(18-32(41)38-29-12-15-31-21(3)28(19-42-7)16-27(31)17-29)34(37)39(24(6)36)35-33(20(2)23(5)43-35)22(4)25-10-13-30(40)14-11-25/h10-15,17,26,28,36-37,40H,3-4,8-9,16,18-19H2,1-2,5-7H3,(H,38,41)/t26-,28?/m0/s1. The minimum atomic E-state index is -0.386. The van der Waals surface area contributed by atoms with Crippen molar-refractivity contribution in [2.24, 2.45) is 11.8 Å². The Labute approximate surface area is 258 Å². The molecule has 0 fully saturated rings. The van der Waals surface area contributed by atoms with Gasteiger partial charge < -0.3 is 15.2 Å². The Balaban J connectivity index is 1.57. The number of phenolic OH excluding ortho intramolecular Hbond substituents is 1. The lowest BCUT2D eigenvalue weighted by atomic mass is 9.94. The molecule has 1 unspecified atom stereocenters. The molecule has 1 aliphatic rings. The number of rotatable bonds is 11. The van der Waals surface area contributed by atoms with Gasteiger partial charge in [0.15, 0.2) is 0 Å². The average molecular weight is 599 g/mol. The number of phenols is 1. The van der Waals surface area contributed by atoms with Crippen LogP contribution in [0.15, 0.2) is 55.6 Å². The number of carbonyl (C=O) groups is 1. The van der Waals surface area contributed by atoms with Crippen LogP contribution in [0.25, 0.3) is 11.1 Å². The maximum atomic E-state index is 13.4. The summed E-state index contributed by atoms with van der Waals surface area (Å²) >= 11 is 1.52. The molecule has 0 bridgehead atoms. The van der Waals surface area contributed by atoms with E-state index in [1.807, 2.05) is 51.1 Å². The number of hydrogen-bond donors (Lipinski definition) is 4. The van der Waals surface area contributed by atoms with Crippen molar-refractivity contribution < 1.29 is 14.6 Å². The molecule has 4 rings (SSSR count). The van der Waals surface area contributed by atoms with Gasteiger partial charge in [0, 0.05) is 41.5 Å². The molecular formula is C35H42N4O3S. The molecule has 1 aliphatic carbocycles. The van der Waals surface area contributed by atoms with Crippen molar-refractivity contribution in [3.05, 3.63) is 88.3 Å². The van der Waals surface area contributed by atoms with Gasteiger partial charge in [0.1, 0.15) is 22.4 Å². The Morgan fingerprint density at radius 3 is 2.53 bits per heavy atom. The summed E-state index contributed by atoms with van der Waals surface area (Å²) in [6.07, 6.45) is 2.39. The second kappa shape index (κ2) is 13.5. The molecule has 7 nitrogen and oxygen atoms in total. The van der Waals surface area contributed by atoms with Gasteiger partial charge in [-0.1, -0.05) is 44.7 Å². The van der Waals surface area contributed by atoms with Gasteiger partial charge in [-0.2, -0.15) is 0 Å². The molecule has 0 saturated heterocycles. The maximum absolute atomic E-state index is 13.4. The first-order valence-electron chi connectivity index (χ1n) is 14.6. The highest BCUT2D eigenvalue weighted by Crippen LogP contribution is 2.43. The Kier molecular flexibility index (Phi) is 10.0. The minimum absolute atomic E-state index is 0.129. The molecule has 2 atom stereocenters. The van der Waals surface area contributed by atoms with E-state index in [0.717, 1.165) is 67.4 Å². The Hall–Kier alpha value is -4.01. The van der Waals surface area contributed by atoms with Crippen molar-refractivity contribution in [2.75, 3.05) is 23.9 Å². The molecule has 0 spiro atoms. The normalized spacial score (nSPS) is 14.7. The van der Waals surface area contributed by atoms with Gasteiger partial charge >= 0.3 is 0 Å². The van der Waals surface area contributed by atoms with E-state index in [4.69, 9.17) is 10.1 Å². The summed E-state index contributed by atoms with van der Waals surface area (Å²) < 4.78 is 5.35. The van der Waals surface area contributed by atoms with Crippen molar-refractivity contribution in [1.82, 2.24) is 0 Å². The van der Waals surface area contributed by atoms with Gasteiger partial charge in [-0.25, -0.2) is 0 Å². The summed E-state index contributed by atoms with van der Waals surface area (Å²) in [5.41, 5.74) is 7.59. The SMILES string of the molecule is C=C(c1ccc(O)cc1)c1c(N(C(C)=N)C(=N)[C@@H](CCC)CC(=O)Nc2ccc3c(c2)CC(COC)C3=C)sc(C)c1C. The van der Waals surface area contributed by atoms with Crippen LogP contribution >= 0.6 is 11.3 Å². The van der Waals surface area contributed by atoms with Crippen LogP contribution in [-0.4, -0.2) is 36.4 Å². The number of amides is 1. The molecule has 4 N–H and O–H groups in total. The van der Waals surface area contributed by atoms with Crippen LogP contribution in [-0.2, 0) is 16.0 Å². The second-order valence-corrected chi connectivity index (χ2v) is 12.5. The average Bonchev–Trinajstić information content (AvgIpc) is 3.42. The summed E-state index contributed by atoms with van der Waals surface area (Å²) in [4.78, 5) is 16.1. The number of nitrogens with one attached hydrogen (secondary N) is 3. The number of fused-ring (bicyclic) bond motifs is 1. The van der Waals surface area contributed by atoms with Crippen molar-refractivity contribution in [3.63, 3.8) is 0 Å². The first kappa shape index (κ1) is 31.9. The van der Waals surface area contributed by atoms with Crippen LogP contribution in [0.5, 0.6) is 5.75 Å². The topological polar surface area (TPSA) is 110 Å². The van der Waals surface area contributed by atoms with Gasteiger partial charge in [0.2, 0.25) is 5.91 Å². The third kappa shape index (κ3) is 6.81. The minimum Gasteiger partial charge on any atom is -0.508 e. The number of aromatic hydroxyl groups is 1. The number of benzene rings is 2. The van der Waals surface area contributed by atoms with E-state index in [9.17, 15) is 15.3 Å². The van der Waals surface area contributed by atoms with Crippen LogP contribution in [0.3, 0.4) is 0 Å². The summed E-state index contributed by atoms with van der Waals surface area (Å²) in [7, 11) is 1.70. The largest absolute Gasteiger partial charge is 0.508 e. The van der Waals surface area contributed by atoms with Crippen LogP contribution in [0.1, 0.15) is 65.8 Å². The molecule has 1 aromatic heterocycles. The zero-order chi connectivity index (χ0) is 31.4. The summed E-state index contributed by atoms with van der Waals surface area (Å²) in [6.45, 7) is 17.0. The monoisotopic (exact) mass is 598 g/mol. The van der Waals surface area contributed by atoms with E-state index in [1.54, 1.807) is 31.1 Å². The molecular weight excluding hydrogens is 556 g/mol. The molecule has 1 heterocycles. The highest BCUT2D eigenvalue weighted by Gasteiger charge is 2.30. The highest BCUT2D eigenvalue weighted by molar-refractivity contribution is 7.17. The number of nitrogens with zero attached hydrogens (tertiary/aromatic N) is 1. The first-order chi connectivity index (χ1) is 20.5. The van der Waals surface area contributed by atoms with E-state index in [2.05, 4.69) is 18.5 Å². The van der Waals surface area contributed by atoms with Crippen molar-refractivity contribution in [1.29, 1.82) is 10.8 Å². The van der Waals surface area contributed by atoms with E-state index < -0.39 is 0 Å². The number of carbonyl (C=O) groups excluding carboxylic acids is 1. The fraction of sp³-hybridized carbons (Fsp3) is 0.343. The van der Waals surface area contributed by atoms with E-state index in [-0.39, 0.29) is 41.6 Å². The predicted molar refractivity (Wildman–Crippen MR) is 180 cm³/mol. The second-order valence-electron chi connectivity index (χ2n) is 11.3. The lowest BCUT2D eigenvalue weighted by molar-refractivity contribution is -0.116. The molecule has 2 aromatic carbocycles. The Bertz CT molecular complexity index is 1570. The molecule has 3 aromatic rings. The van der Waals surface area contributed by atoms with E-state index in [0.29, 0.717) is 13.0 Å². The van der Waals surface area contributed by atoms with Gasteiger partial charge in [0.25, 0.3) is 0 Å². The van der Waals surface area contributed by atoms with Crippen LogP contribution in [0, 0.1) is 36.5 Å². The third-order valence-electron chi connectivity index (χ3n) is 8.18. The van der Waals surface area contributed by atoms with Crippen LogP contribution in [0.2, 0.25) is 0 Å². The summed E-state index contributed by atoms with van der Waals surface area (Å²) in [5, 5.41) is 31.6. The molecule has 0 radical (unpaired) electrons. The fourth-order valence-corrected chi connectivity index (χ4v) is 7.05. The van der Waals surface area contributed by atoms with E-state index in [1.165, 1.54) is 11.3 Å². The maximum Gasteiger partial charge on any atom is 0.225 e. The number of amidine groups is 2. The number of methoxy groups -OCH3 is 1. The van der Waals surface area contributed by atoms with Crippen LogP contribution in [0.4, 0.5) is 10.7 Å².